The summed E-state index contributed by atoms with van der Waals surface area (Å²) in [6, 6.07) is 12.2. The Labute approximate surface area is 138 Å². The van der Waals surface area contributed by atoms with Gasteiger partial charge in [0, 0.05) is 20.1 Å². The van der Waals surface area contributed by atoms with Gasteiger partial charge in [-0.1, -0.05) is 31.2 Å². The van der Waals surface area contributed by atoms with Crippen molar-refractivity contribution in [3.8, 4) is 0 Å². The first-order chi connectivity index (χ1) is 11.2. The molecular formula is C19H25NO3. The van der Waals surface area contributed by atoms with Gasteiger partial charge < -0.3 is 14.1 Å². The number of carbonyl (C=O) groups excluding carboxylic acids is 1. The van der Waals surface area contributed by atoms with Gasteiger partial charge in [-0.2, -0.15) is 0 Å². The maximum atomic E-state index is 12.5. The Morgan fingerprint density at radius 2 is 1.91 bits per heavy atom. The molecule has 0 fully saturated rings. The molecule has 0 bridgehead atoms. The largest absolute Gasteiger partial charge is 0.467 e. The Morgan fingerprint density at radius 3 is 2.52 bits per heavy atom. The van der Waals surface area contributed by atoms with Gasteiger partial charge in [0.05, 0.1) is 19.4 Å². The molecular weight excluding hydrogens is 290 g/mol. The number of benzene rings is 1. The molecule has 0 N–H and O–H groups in total. The third-order valence-corrected chi connectivity index (χ3v) is 3.90. The molecule has 23 heavy (non-hydrogen) atoms. The molecule has 0 spiro atoms. The smallest absolute Gasteiger partial charge is 0.223 e. The molecule has 4 heteroatoms. The minimum absolute atomic E-state index is 0.123. The molecule has 2 rings (SSSR count). The van der Waals surface area contributed by atoms with E-state index in [1.54, 1.807) is 18.3 Å². The van der Waals surface area contributed by atoms with Gasteiger partial charge in [-0.15, -0.1) is 0 Å². The predicted molar refractivity (Wildman–Crippen MR) is 90.1 cm³/mol. The summed E-state index contributed by atoms with van der Waals surface area (Å²) in [6.45, 7) is 3.73. The van der Waals surface area contributed by atoms with Crippen LogP contribution in [-0.2, 0) is 28.9 Å². The highest BCUT2D eigenvalue weighted by Gasteiger charge is 2.15. The zero-order chi connectivity index (χ0) is 16.5. The van der Waals surface area contributed by atoms with Crippen LogP contribution in [0.15, 0.2) is 47.1 Å². The first-order valence-corrected chi connectivity index (χ1v) is 8.09. The zero-order valence-electron chi connectivity index (χ0n) is 14.0. The van der Waals surface area contributed by atoms with Crippen LogP contribution < -0.4 is 0 Å². The van der Waals surface area contributed by atoms with Gasteiger partial charge in [0.25, 0.3) is 0 Å². The second-order valence-electron chi connectivity index (χ2n) is 5.56. The Kier molecular flexibility index (Phi) is 6.88. The lowest BCUT2D eigenvalue weighted by atomic mass is 10.1. The van der Waals surface area contributed by atoms with E-state index in [2.05, 4.69) is 31.2 Å². The summed E-state index contributed by atoms with van der Waals surface area (Å²) >= 11 is 0. The van der Waals surface area contributed by atoms with E-state index < -0.39 is 0 Å². The molecule has 0 aliphatic heterocycles. The normalized spacial score (nSPS) is 10.7. The van der Waals surface area contributed by atoms with Crippen molar-refractivity contribution in [3.05, 3.63) is 59.5 Å². The fourth-order valence-electron chi connectivity index (χ4n) is 2.44. The number of methoxy groups -OCH3 is 1. The van der Waals surface area contributed by atoms with Gasteiger partial charge >= 0.3 is 0 Å². The molecule has 0 unspecified atom stereocenters. The van der Waals surface area contributed by atoms with Crippen molar-refractivity contribution in [2.75, 3.05) is 20.3 Å². The van der Waals surface area contributed by atoms with Crippen LogP contribution in [0.25, 0.3) is 0 Å². The predicted octanol–water partition coefficient (Wildman–Crippen LogP) is 3.45. The third-order valence-electron chi connectivity index (χ3n) is 3.90. The summed E-state index contributed by atoms with van der Waals surface area (Å²) in [7, 11) is 1.64. The minimum atomic E-state index is 0.123. The van der Waals surface area contributed by atoms with Crippen LogP contribution >= 0.6 is 0 Å². The average Bonchev–Trinajstić information content (AvgIpc) is 3.10. The third kappa shape index (κ3) is 5.57. The van der Waals surface area contributed by atoms with E-state index in [-0.39, 0.29) is 5.91 Å². The summed E-state index contributed by atoms with van der Waals surface area (Å²) in [6.07, 6.45) is 3.91. The van der Waals surface area contributed by atoms with E-state index in [1.165, 1.54) is 11.1 Å². The van der Waals surface area contributed by atoms with Crippen molar-refractivity contribution < 1.29 is 13.9 Å². The van der Waals surface area contributed by atoms with Crippen LogP contribution in [0.1, 0.15) is 30.2 Å². The summed E-state index contributed by atoms with van der Waals surface area (Å²) in [5.41, 5.74) is 2.51. The number of ether oxygens (including phenoxy) is 1. The molecule has 2 aromatic rings. The molecule has 124 valence electrons. The molecule has 0 radical (unpaired) electrons. The van der Waals surface area contributed by atoms with Crippen LogP contribution in [0.5, 0.6) is 0 Å². The van der Waals surface area contributed by atoms with Crippen molar-refractivity contribution >= 4 is 5.91 Å². The molecule has 0 aliphatic carbocycles. The highest BCUT2D eigenvalue weighted by molar-refractivity contribution is 5.76. The van der Waals surface area contributed by atoms with Crippen LogP contribution in [0.3, 0.4) is 0 Å². The Hall–Kier alpha value is -2.07. The Morgan fingerprint density at radius 1 is 1.17 bits per heavy atom. The minimum Gasteiger partial charge on any atom is -0.467 e. The number of nitrogens with zero attached hydrogens (tertiary/aromatic N) is 1. The maximum Gasteiger partial charge on any atom is 0.223 e. The Balaban J connectivity index is 1.90. The lowest BCUT2D eigenvalue weighted by Gasteiger charge is -2.21. The second-order valence-corrected chi connectivity index (χ2v) is 5.56. The molecule has 1 amide bonds. The number of furan rings is 1. The topological polar surface area (TPSA) is 42.7 Å². The molecule has 1 aromatic heterocycles. The van der Waals surface area contributed by atoms with Gasteiger partial charge in [0.1, 0.15) is 5.76 Å². The molecule has 1 aromatic carbocycles. The van der Waals surface area contributed by atoms with E-state index in [9.17, 15) is 4.79 Å². The fourth-order valence-corrected chi connectivity index (χ4v) is 2.44. The molecule has 1 heterocycles. The Bertz CT molecular complexity index is 575. The number of hydrogen-bond donors (Lipinski definition) is 0. The summed E-state index contributed by atoms with van der Waals surface area (Å²) in [5, 5.41) is 0. The average molecular weight is 315 g/mol. The van der Waals surface area contributed by atoms with Crippen molar-refractivity contribution in [2.45, 2.75) is 32.7 Å². The fraction of sp³-hybridized carbons (Fsp3) is 0.421. The van der Waals surface area contributed by atoms with E-state index >= 15 is 0 Å². The molecule has 0 aliphatic rings. The van der Waals surface area contributed by atoms with Gasteiger partial charge in [-0.3, -0.25) is 4.79 Å². The van der Waals surface area contributed by atoms with Gasteiger partial charge in [0.2, 0.25) is 5.91 Å². The van der Waals surface area contributed by atoms with Crippen LogP contribution in [0.4, 0.5) is 0 Å². The summed E-state index contributed by atoms with van der Waals surface area (Å²) < 4.78 is 10.5. The molecule has 0 saturated carbocycles. The lowest BCUT2D eigenvalue weighted by Crippen LogP contribution is -2.33. The number of amides is 1. The summed E-state index contributed by atoms with van der Waals surface area (Å²) in [4.78, 5) is 14.3. The SMILES string of the molecule is CCc1ccc(CCC(=O)N(CCOC)Cc2ccco2)cc1. The lowest BCUT2D eigenvalue weighted by molar-refractivity contribution is -0.132. The standard InChI is InChI=1S/C19H25NO3/c1-3-16-6-8-17(9-7-16)10-11-19(21)20(12-14-22-2)15-18-5-4-13-23-18/h4-9,13H,3,10-12,14-15H2,1-2H3. The highest BCUT2D eigenvalue weighted by Crippen LogP contribution is 2.11. The van der Waals surface area contributed by atoms with E-state index in [0.717, 1.165) is 18.6 Å². The van der Waals surface area contributed by atoms with Crippen LogP contribution in [0.2, 0.25) is 0 Å². The van der Waals surface area contributed by atoms with E-state index in [0.29, 0.717) is 26.1 Å². The van der Waals surface area contributed by atoms with Crippen LogP contribution in [-0.4, -0.2) is 31.1 Å². The van der Waals surface area contributed by atoms with E-state index in [1.807, 2.05) is 12.1 Å². The quantitative estimate of drug-likeness (QED) is 0.712. The molecule has 0 atom stereocenters. The van der Waals surface area contributed by atoms with Crippen molar-refractivity contribution in [3.63, 3.8) is 0 Å². The monoisotopic (exact) mass is 315 g/mol. The first kappa shape index (κ1) is 17.3. The second kappa shape index (κ2) is 9.16. The van der Waals surface area contributed by atoms with Crippen molar-refractivity contribution in [1.82, 2.24) is 4.90 Å². The number of hydrogen-bond acceptors (Lipinski definition) is 3. The first-order valence-electron chi connectivity index (χ1n) is 8.09. The van der Waals surface area contributed by atoms with Gasteiger partial charge in [-0.25, -0.2) is 0 Å². The molecule has 4 nitrogen and oxygen atoms in total. The number of rotatable bonds is 9. The summed E-state index contributed by atoms with van der Waals surface area (Å²) in [5.74, 6) is 0.916. The van der Waals surface area contributed by atoms with Crippen molar-refractivity contribution in [2.24, 2.45) is 0 Å². The van der Waals surface area contributed by atoms with Crippen LogP contribution in [0, 0.1) is 0 Å². The maximum absolute atomic E-state index is 12.5. The van der Waals surface area contributed by atoms with Crippen molar-refractivity contribution in [1.29, 1.82) is 0 Å². The molecule has 0 saturated heterocycles. The number of carbonyl (C=O) groups is 1. The number of aryl methyl sites for hydroxylation is 2. The highest BCUT2D eigenvalue weighted by atomic mass is 16.5. The van der Waals surface area contributed by atoms with E-state index in [4.69, 9.17) is 9.15 Å². The zero-order valence-corrected chi connectivity index (χ0v) is 14.0. The van der Waals surface area contributed by atoms with Gasteiger partial charge in [0.15, 0.2) is 0 Å². The van der Waals surface area contributed by atoms with Gasteiger partial charge in [-0.05, 0) is 36.1 Å².